The number of benzene rings is 3. The van der Waals surface area contributed by atoms with E-state index in [2.05, 4.69) is 20.0 Å². The summed E-state index contributed by atoms with van der Waals surface area (Å²) in [6.45, 7) is 0.483. The number of rotatable bonds is 7. The molecule has 1 N–H and O–H groups in total. The molecule has 2 heterocycles. The Balaban J connectivity index is 1.77. The molecule has 18 heteroatoms. The van der Waals surface area contributed by atoms with Crippen molar-refractivity contribution in [3.05, 3.63) is 88.8 Å². The summed E-state index contributed by atoms with van der Waals surface area (Å²) < 4.78 is 126. The number of ether oxygens (including phenoxy) is 1. The van der Waals surface area contributed by atoms with E-state index in [1.54, 1.807) is 0 Å². The van der Waals surface area contributed by atoms with E-state index in [0.717, 1.165) is 39.8 Å². The minimum Gasteiger partial charge on any atom is -0.406 e. The second-order valence-corrected chi connectivity index (χ2v) is 12.2. The van der Waals surface area contributed by atoms with Gasteiger partial charge in [-0.15, -0.1) is 18.3 Å². The van der Waals surface area contributed by atoms with Gasteiger partial charge in [-0.05, 0) is 66.6 Å². The topological polar surface area (TPSA) is 112 Å². The highest BCUT2D eigenvalue weighted by molar-refractivity contribution is 7.90. The van der Waals surface area contributed by atoms with Gasteiger partial charge in [0.15, 0.2) is 15.5 Å². The molecular weight excluding hydrogens is 671 g/mol. The average Bonchev–Trinajstić information content (AvgIpc) is 3.58. The number of aliphatic hydroxyl groups excluding tert-OH is 1. The number of nitrogens with zero attached hydrogens (tertiary/aromatic N) is 5. The van der Waals surface area contributed by atoms with Crippen molar-refractivity contribution in [1.82, 2.24) is 24.5 Å². The van der Waals surface area contributed by atoms with Crippen molar-refractivity contribution >= 4 is 21.4 Å². The van der Waals surface area contributed by atoms with Crippen LogP contribution in [0.4, 0.5) is 30.7 Å². The molecule has 0 spiro atoms. The maximum absolute atomic E-state index is 16.2. The number of aliphatic hydroxyl groups is 1. The first-order valence-corrected chi connectivity index (χ1v) is 15.0. The molecule has 0 saturated carbocycles. The third-order valence-electron chi connectivity index (χ3n) is 6.66. The van der Waals surface area contributed by atoms with Gasteiger partial charge in [0.1, 0.15) is 23.1 Å². The highest BCUT2D eigenvalue weighted by Crippen LogP contribution is 2.38. The molecule has 242 valence electrons. The van der Waals surface area contributed by atoms with Gasteiger partial charge in [-0.25, -0.2) is 22.5 Å². The van der Waals surface area contributed by atoms with Crippen LogP contribution in [0.3, 0.4) is 0 Å². The molecule has 0 bridgehead atoms. The lowest BCUT2D eigenvalue weighted by molar-refractivity contribution is -0.274. The van der Waals surface area contributed by atoms with Crippen molar-refractivity contribution < 1.29 is 49.0 Å². The molecule has 46 heavy (non-hydrogen) atoms. The van der Waals surface area contributed by atoms with Crippen molar-refractivity contribution in [3.8, 4) is 39.5 Å². The number of aryl methyl sites for hydroxylation is 1. The summed E-state index contributed by atoms with van der Waals surface area (Å²) in [4.78, 5) is 3.16. The maximum atomic E-state index is 16.2. The molecule has 0 amide bonds. The van der Waals surface area contributed by atoms with E-state index in [1.807, 2.05) is 0 Å². The van der Waals surface area contributed by atoms with E-state index in [0.29, 0.717) is 6.20 Å². The van der Waals surface area contributed by atoms with Gasteiger partial charge in [-0.1, -0.05) is 16.8 Å². The highest BCUT2D eigenvalue weighted by Gasteiger charge is 2.35. The molecule has 5 aromatic rings. The maximum Gasteiger partial charge on any atom is 0.573 e. The zero-order valence-corrected chi connectivity index (χ0v) is 24.9. The monoisotopic (exact) mass is 689 g/mol. The summed E-state index contributed by atoms with van der Waals surface area (Å²) in [6, 6.07) is 9.10. The van der Waals surface area contributed by atoms with Gasteiger partial charge in [0.25, 0.3) is 0 Å². The fraction of sp³-hybridized carbons (Fsp3) is 0.179. The van der Waals surface area contributed by atoms with Gasteiger partial charge in [-0.3, -0.25) is 4.57 Å². The number of hydrogen-bond acceptors (Lipinski definition) is 7. The summed E-state index contributed by atoms with van der Waals surface area (Å²) in [7, 11) is -3.95. The van der Waals surface area contributed by atoms with Gasteiger partial charge in [0.05, 0.1) is 29.1 Å². The van der Waals surface area contributed by atoms with Crippen molar-refractivity contribution in [1.29, 1.82) is 0 Å². The van der Waals surface area contributed by atoms with Crippen LogP contribution in [0, 0.1) is 12.7 Å². The third-order valence-corrected chi connectivity index (χ3v) is 8.16. The molecule has 0 atom stereocenters. The van der Waals surface area contributed by atoms with E-state index in [1.165, 1.54) is 37.4 Å². The smallest absolute Gasteiger partial charge is 0.406 e. The minimum absolute atomic E-state index is 0.00303. The van der Waals surface area contributed by atoms with E-state index in [9.17, 15) is 39.9 Å². The average molecular weight is 690 g/mol. The van der Waals surface area contributed by atoms with Crippen LogP contribution in [0.25, 0.3) is 33.8 Å². The highest BCUT2D eigenvalue weighted by atomic mass is 35.5. The molecule has 5 rings (SSSR count). The van der Waals surface area contributed by atoms with Crippen molar-refractivity contribution in [3.63, 3.8) is 0 Å². The van der Waals surface area contributed by atoms with Gasteiger partial charge in [0.2, 0.25) is 0 Å². The largest absolute Gasteiger partial charge is 0.573 e. The molecule has 0 radical (unpaired) electrons. The first kappa shape index (κ1) is 32.9. The number of imidazole rings is 1. The molecule has 0 unspecified atom stereocenters. The summed E-state index contributed by atoms with van der Waals surface area (Å²) in [5.41, 5.74) is -1.75. The molecule has 2 aromatic heterocycles. The lowest BCUT2D eigenvalue weighted by Crippen LogP contribution is -2.17. The second-order valence-electron chi connectivity index (χ2n) is 9.84. The zero-order chi connectivity index (χ0) is 33.8. The summed E-state index contributed by atoms with van der Waals surface area (Å²) in [5.74, 6) is -1.90. The SMILES string of the molecule is Cc1nc(C(F)(F)F)cn1-c1c(F)cc(-c2cc(Cl)c(CO)c(S(C)(=O)=O)c2)cc1-n1nncc1-c1ccc(OC(F)(F)F)cc1. The van der Waals surface area contributed by atoms with E-state index in [4.69, 9.17) is 11.6 Å². The second kappa shape index (κ2) is 11.7. The van der Waals surface area contributed by atoms with E-state index >= 15 is 4.39 Å². The number of halogens is 8. The summed E-state index contributed by atoms with van der Waals surface area (Å²) >= 11 is 6.28. The lowest BCUT2D eigenvalue weighted by Gasteiger charge is -2.18. The molecule has 9 nitrogen and oxygen atoms in total. The van der Waals surface area contributed by atoms with Crippen LogP contribution in [0.2, 0.25) is 5.02 Å². The number of sulfone groups is 1. The quantitative estimate of drug-likeness (QED) is 0.189. The first-order chi connectivity index (χ1) is 21.4. The van der Waals surface area contributed by atoms with Crippen LogP contribution in [0.5, 0.6) is 5.75 Å². The van der Waals surface area contributed by atoms with Crippen molar-refractivity contribution in [2.75, 3.05) is 6.26 Å². The van der Waals surface area contributed by atoms with E-state index in [-0.39, 0.29) is 49.4 Å². The van der Waals surface area contributed by atoms with Gasteiger partial charge in [0, 0.05) is 28.6 Å². The zero-order valence-electron chi connectivity index (χ0n) is 23.3. The fourth-order valence-corrected chi connectivity index (χ4v) is 5.98. The predicted octanol–water partition coefficient (Wildman–Crippen LogP) is 6.70. The van der Waals surface area contributed by atoms with Crippen LogP contribution < -0.4 is 4.74 Å². The first-order valence-electron chi connectivity index (χ1n) is 12.8. The van der Waals surface area contributed by atoms with Crippen LogP contribution in [0.1, 0.15) is 17.1 Å². The van der Waals surface area contributed by atoms with Crippen LogP contribution in [-0.4, -0.2) is 50.7 Å². The Hall–Kier alpha value is -4.48. The fourth-order valence-electron chi connectivity index (χ4n) is 4.69. The summed E-state index contributed by atoms with van der Waals surface area (Å²) in [5, 5.41) is 17.4. The lowest BCUT2D eigenvalue weighted by atomic mass is 10.0. The molecular formula is C28H19ClF7N5O4S. The van der Waals surface area contributed by atoms with Crippen molar-refractivity contribution in [2.45, 2.75) is 31.0 Å². The van der Waals surface area contributed by atoms with E-state index < -0.39 is 51.9 Å². The summed E-state index contributed by atoms with van der Waals surface area (Å²) in [6.07, 6.45) is -7.19. The number of aromatic nitrogens is 5. The Labute approximate surface area is 260 Å². The Kier molecular flexibility index (Phi) is 8.37. The predicted molar refractivity (Wildman–Crippen MR) is 150 cm³/mol. The molecule has 3 aromatic carbocycles. The number of hydrogen-bond donors (Lipinski definition) is 1. The Morgan fingerprint density at radius 2 is 1.63 bits per heavy atom. The van der Waals surface area contributed by atoms with Crippen LogP contribution >= 0.6 is 11.6 Å². The normalized spacial score (nSPS) is 12.5. The Morgan fingerprint density at radius 1 is 0.978 bits per heavy atom. The van der Waals surface area contributed by atoms with Gasteiger partial charge in [-0.2, -0.15) is 13.2 Å². The molecule has 0 saturated heterocycles. The van der Waals surface area contributed by atoms with Gasteiger partial charge >= 0.3 is 12.5 Å². The Morgan fingerprint density at radius 3 is 2.20 bits per heavy atom. The molecule has 0 aliphatic carbocycles. The van der Waals surface area contributed by atoms with Gasteiger partial charge < -0.3 is 9.84 Å². The number of alkyl halides is 6. The molecule has 0 aliphatic rings. The van der Waals surface area contributed by atoms with Crippen LogP contribution in [-0.2, 0) is 22.6 Å². The third kappa shape index (κ3) is 6.56. The molecule has 0 fully saturated rings. The minimum atomic E-state index is -4.95. The standard InChI is InChI=1S/C28H19ClF7N5O4S/c1-14-38-25(27(31,32)33)12-40(14)26-21(30)8-17(16-7-20(29)19(13-42)24(10-16)46(2,43)44)9-22(26)41-23(11-37-39-41)15-3-5-18(6-4-15)45-28(34,35)36/h3-12,42H,13H2,1-2H3. The van der Waals surface area contributed by atoms with Crippen molar-refractivity contribution in [2.24, 2.45) is 0 Å². The Bertz CT molecular complexity index is 2060. The van der Waals surface area contributed by atoms with Crippen LogP contribution in [0.15, 0.2) is 65.8 Å². The molecule has 0 aliphatic heterocycles.